The monoisotopic (exact) mass is 230 g/mol. The third-order valence-electron chi connectivity index (χ3n) is 2.94. The molecular weight excluding hydrogens is 212 g/mol. The predicted molar refractivity (Wildman–Crippen MR) is 75.4 cm³/mol. The summed E-state index contributed by atoms with van der Waals surface area (Å²) in [5.41, 5.74) is 1.46. The molecule has 0 aliphatic rings. The highest BCUT2D eigenvalue weighted by Crippen LogP contribution is 2.17. The minimum absolute atomic E-state index is 1.01. The molecule has 0 unspecified atom stereocenters. The van der Waals surface area contributed by atoms with E-state index in [2.05, 4.69) is 55.1 Å². The van der Waals surface area contributed by atoms with Crippen molar-refractivity contribution in [3.63, 3.8) is 0 Å². The third-order valence-corrected chi connectivity index (χ3v) is 3.25. The van der Waals surface area contributed by atoms with Crippen molar-refractivity contribution in [3.8, 4) is 0 Å². The van der Waals surface area contributed by atoms with Gasteiger partial charge in [-0.2, -0.15) is 12.6 Å². The Hall–Kier alpha value is -0.950. The van der Waals surface area contributed by atoms with Crippen LogP contribution in [0.5, 0.6) is 0 Å². The van der Waals surface area contributed by atoms with Crippen molar-refractivity contribution in [2.45, 2.75) is 25.7 Å². The van der Waals surface area contributed by atoms with E-state index in [1.165, 1.54) is 42.0 Å². The number of hydrogen-bond donors (Lipinski definition) is 1. The largest absolute Gasteiger partial charge is 0.179 e. The molecule has 0 heterocycles. The van der Waals surface area contributed by atoms with Crippen LogP contribution in [-0.2, 0) is 6.42 Å². The predicted octanol–water partition coefficient (Wildman–Crippen LogP) is 4.48. The van der Waals surface area contributed by atoms with Crippen LogP contribution in [0.1, 0.15) is 24.8 Å². The number of thiol groups is 1. The van der Waals surface area contributed by atoms with E-state index < -0.39 is 0 Å². The number of rotatable bonds is 5. The zero-order valence-corrected chi connectivity index (χ0v) is 10.4. The smallest absolute Gasteiger partial charge is 0.00979 e. The van der Waals surface area contributed by atoms with Crippen molar-refractivity contribution < 1.29 is 0 Å². The van der Waals surface area contributed by atoms with Crippen molar-refractivity contribution in [2.75, 3.05) is 5.75 Å². The minimum atomic E-state index is 1.01. The molecule has 0 spiro atoms. The summed E-state index contributed by atoms with van der Waals surface area (Å²) in [6.07, 6.45) is 4.99. The minimum Gasteiger partial charge on any atom is -0.179 e. The molecule has 2 rings (SSSR count). The van der Waals surface area contributed by atoms with Gasteiger partial charge in [0.15, 0.2) is 0 Å². The number of aryl methyl sites for hydroxylation is 1. The first kappa shape index (κ1) is 11.5. The van der Waals surface area contributed by atoms with Gasteiger partial charge in [0.25, 0.3) is 0 Å². The van der Waals surface area contributed by atoms with Gasteiger partial charge in [-0.05, 0) is 41.4 Å². The van der Waals surface area contributed by atoms with Crippen LogP contribution in [0, 0.1) is 0 Å². The third kappa shape index (κ3) is 3.02. The van der Waals surface area contributed by atoms with Gasteiger partial charge in [0.05, 0.1) is 0 Å². The van der Waals surface area contributed by atoms with Gasteiger partial charge in [0.1, 0.15) is 0 Å². The van der Waals surface area contributed by atoms with Crippen LogP contribution in [0.25, 0.3) is 10.8 Å². The Morgan fingerprint density at radius 2 is 1.62 bits per heavy atom. The molecule has 0 N–H and O–H groups in total. The molecule has 1 heteroatoms. The molecule has 2 aromatic carbocycles. The van der Waals surface area contributed by atoms with Gasteiger partial charge in [-0.25, -0.2) is 0 Å². The summed E-state index contributed by atoms with van der Waals surface area (Å²) < 4.78 is 0. The van der Waals surface area contributed by atoms with Crippen molar-refractivity contribution >= 4 is 23.4 Å². The summed E-state index contributed by atoms with van der Waals surface area (Å²) >= 11 is 4.23. The van der Waals surface area contributed by atoms with Crippen LogP contribution in [-0.4, -0.2) is 5.75 Å². The van der Waals surface area contributed by atoms with Crippen LogP contribution >= 0.6 is 12.6 Å². The molecular formula is C15H18S. The first-order valence-corrected chi connectivity index (χ1v) is 6.62. The SMILES string of the molecule is SCCCCCc1ccc2ccccc2c1. The second-order valence-electron chi connectivity index (χ2n) is 4.22. The van der Waals surface area contributed by atoms with Gasteiger partial charge < -0.3 is 0 Å². The molecule has 0 radical (unpaired) electrons. The Labute approximate surface area is 103 Å². The van der Waals surface area contributed by atoms with E-state index >= 15 is 0 Å². The second kappa shape index (κ2) is 5.95. The van der Waals surface area contributed by atoms with Crippen molar-refractivity contribution in [2.24, 2.45) is 0 Å². The van der Waals surface area contributed by atoms with Gasteiger partial charge in [-0.1, -0.05) is 48.9 Å². The van der Waals surface area contributed by atoms with E-state index in [0.29, 0.717) is 0 Å². The molecule has 0 amide bonds. The summed E-state index contributed by atoms with van der Waals surface area (Å²) in [7, 11) is 0. The van der Waals surface area contributed by atoms with Crippen molar-refractivity contribution in [1.82, 2.24) is 0 Å². The van der Waals surface area contributed by atoms with Crippen molar-refractivity contribution in [1.29, 1.82) is 0 Å². The number of fused-ring (bicyclic) bond motifs is 1. The standard InChI is InChI=1S/C15H18S/c16-11-5-1-2-6-13-9-10-14-7-3-4-8-15(14)12-13/h3-4,7-10,12,16H,1-2,5-6,11H2. The number of hydrogen-bond acceptors (Lipinski definition) is 1. The highest BCUT2D eigenvalue weighted by atomic mass is 32.1. The van der Waals surface area contributed by atoms with Gasteiger partial charge in [0.2, 0.25) is 0 Å². The van der Waals surface area contributed by atoms with E-state index in [9.17, 15) is 0 Å². The average Bonchev–Trinajstić information content (AvgIpc) is 2.34. The molecule has 0 nitrogen and oxygen atoms in total. The average molecular weight is 230 g/mol. The van der Waals surface area contributed by atoms with Crippen LogP contribution in [0.4, 0.5) is 0 Å². The van der Waals surface area contributed by atoms with Crippen LogP contribution in [0.15, 0.2) is 42.5 Å². The molecule has 0 bridgehead atoms. The molecule has 0 fully saturated rings. The van der Waals surface area contributed by atoms with Gasteiger partial charge in [0, 0.05) is 0 Å². The van der Waals surface area contributed by atoms with Gasteiger partial charge in [-0.3, -0.25) is 0 Å². The Balaban J connectivity index is 2.02. The summed E-state index contributed by atoms with van der Waals surface area (Å²) in [5.74, 6) is 1.01. The molecule has 84 valence electrons. The Morgan fingerprint density at radius 1 is 0.812 bits per heavy atom. The normalized spacial score (nSPS) is 10.8. The molecule has 0 aromatic heterocycles. The first-order valence-electron chi connectivity index (χ1n) is 5.99. The zero-order chi connectivity index (χ0) is 11.2. The fraction of sp³-hybridized carbons (Fsp3) is 0.333. The highest BCUT2D eigenvalue weighted by Gasteiger charge is 1.96. The highest BCUT2D eigenvalue weighted by molar-refractivity contribution is 7.80. The lowest BCUT2D eigenvalue weighted by Crippen LogP contribution is -1.86. The maximum absolute atomic E-state index is 4.23. The maximum Gasteiger partial charge on any atom is -0.00979 e. The van der Waals surface area contributed by atoms with Crippen LogP contribution < -0.4 is 0 Å². The lowest BCUT2D eigenvalue weighted by Gasteiger charge is -2.03. The Kier molecular flexibility index (Phi) is 4.29. The second-order valence-corrected chi connectivity index (χ2v) is 4.66. The number of benzene rings is 2. The van der Waals surface area contributed by atoms with E-state index in [1.807, 2.05) is 0 Å². The topological polar surface area (TPSA) is 0 Å². The molecule has 16 heavy (non-hydrogen) atoms. The first-order chi connectivity index (χ1) is 7.90. The van der Waals surface area contributed by atoms with E-state index in [4.69, 9.17) is 0 Å². The Bertz CT molecular complexity index is 448. The lowest BCUT2D eigenvalue weighted by molar-refractivity contribution is 0.723. The molecule has 0 saturated heterocycles. The Morgan fingerprint density at radius 3 is 2.44 bits per heavy atom. The van der Waals surface area contributed by atoms with Crippen LogP contribution in [0.2, 0.25) is 0 Å². The molecule has 0 aliphatic heterocycles. The summed E-state index contributed by atoms with van der Waals surface area (Å²) in [6, 6.07) is 15.3. The van der Waals surface area contributed by atoms with Crippen LogP contribution in [0.3, 0.4) is 0 Å². The molecule has 2 aromatic rings. The summed E-state index contributed by atoms with van der Waals surface area (Å²) in [6.45, 7) is 0. The van der Waals surface area contributed by atoms with E-state index in [0.717, 1.165) is 5.75 Å². The fourth-order valence-corrected chi connectivity index (χ4v) is 2.24. The molecule has 0 saturated carbocycles. The summed E-state index contributed by atoms with van der Waals surface area (Å²) in [4.78, 5) is 0. The lowest BCUT2D eigenvalue weighted by atomic mass is 10.0. The van der Waals surface area contributed by atoms with Gasteiger partial charge in [-0.15, -0.1) is 0 Å². The number of unbranched alkanes of at least 4 members (excludes halogenated alkanes) is 2. The van der Waals surface area contributed by atoms with E-state index in [1.54, 1.807) is 0 Å². The fourth-order valence-electron chi connectivity index (χ4n) is 2.01. The zero-order valence-electron chi connectivity index (χ0n) is 9.52. The van der Waals surface area contributed by atoms with Gasteiger partial charge >= 0.3 is 0 Å². The quantitative estimate of drug-likeness (QED) is 0.568. The maximum atomic E-state index is 4.23. The molecule has 0 atom stereocenters. The van der Waals surface area contributed by atoms with E-state index in [-0.39, 0.29) is 0 Å². The van der Waals surface area contributed by atoms with Crippen molar-refractivity contribution in [3.05, 3.63) is 48.0 Å². The summed E-state index contributed by atoms with van der Waals surface area (Å²) in [5, 5.41) is 2.69. The molecule has 0 aliphatic carbocycles.